The summed E-state index contributed by atoms with van der Waals surface area (Å²) in [6, 6.07) is 5.33. The Kier molecular flexibility index (Phi) is 4.84. The van der Waals surface area contributed by atoms with Crippen molar-refractivity contribution in [2.75, 3.05) is 20.3 Å². The van der Waals surface area contributed by atoms with Crippen LogP contribution in [0.1, 0.15) is 25.3 Å². The van der Waals surface area contributed by atoms with Crippen LogP contribution in [-0.4, -0.2) is 42.3 Å². The molecule has 1 unspecified atom stereocenters. The molecule has 0 bridgehead atoms. The molecule has 1 aliphatic rings. The van der Waals surface area contributed by atoms with E-state index in [4.69, 9.17) is 9.47 Å². The molecule has 1 saturated heterocycles. The standard InChI is InChI=1S/C15H21NO4/c1-3-20-14-11(6-4-8-13(14)19-2)10-16-9-5-7-12(16)15(17)18/h4,6,8,12H,3,5,7,9-10H2,1-2H3,(H,17,18). The lowest BCUT2D eigenvalue weighted by Gasteiger charge is -2.23. The molecule has 1 aromatic rings. The number of methoxy groups -OCH3 is 1. The first-order valence-electron chi connectivity index (χ1n) is 6.93. The minimum atomic E-state index is -0.747. The minimum absolute atomic E-state index is 0.393. The van der Waals surface area contributed by atoms with Crippen LogP contribution < -0.4 is 9.47 Å². The van der Waals surface area contributed by atoms with E-state index in [0.29, 0.717) is 31.1 Å². The molecular formula is C15H21NO4. The summed E-state index contributed by atoms with van der Waals surface area (Å²) in [5, 5.41) is 9.24. The average Bonchev–Trinajstić information content (AvgIpc) is 2.89. The number of nitrogens with zero attached hydrogens (tertiary/aromatic N) is 1. The molecule has 1 heterocycles. The van der Waals surface area contributed by atoms with E-state index in [9.17, 15) is 9.90 Å². The molecule has 0 amide bonds. The van der Waals surface area contributed by atoms with Crippen molar-refractivity contribution in [2.45, 2.75) is 32.4 Å². The third kappa shape index (κ3) is 3.04. The molecular weight excluding hydrogens is 258 g/mol. The zero-order valence-corrected chi connectivity index (χ0v) is 12.0. The van der Waals surface area contributed by atoms with Crippen LogP contribution >= 0.6 is 0 Å². The summed E-state index contributed by atoms with van der Waals surface area (Å²) < 4.78 is 11.0. The first-order chi connectivity index (χ1) is 9.67. The minimum Gasteiger partial charge on any atom is -0.493 e. The fraction of sp³-hybridized carbons (Fsp3) is 0.533. The monoisotopic (exact) mass is 279 g/mol. The van der Waals surface area contributed by atoms with Crippen molar-refractivity contribution in [3.63, 3.8) is 0 Å². The first-order valence-corrected chi connectivity index (χ1v) is 6.93. The topological polar surface area (TPSA) is 59.0 Å². The predicted octanol–water partition coefficient (Wildman–Crippen LogP) is 2.14. The second-order valence-corrected chi connectivity index (χ2v) is 4.85. The van der Waals surface area contributed by atoms with Gasteiger partial charge in [0, 0.05) is 12.1 Å². The van der Waals surface area contributed by atoms with Crippen LogP contribution in [0.2, 0.25) is 0 Å². The third-order valence-electron chi connectivity index (χ3n) is 3.59. The molecule has 110 valence electrons. The summed E-state index contributed by atoms with van der Waals surface area (Å²) in [6.07, 6.45) is 1.63. The maximum Gasteiger partial charge on any atom is 0.320 e. The van der Waals surface area contributed by atoms with Crippen LogP contribution in [0.25, 0.3) is 0 Å². The number of hydrogen-bond donors (Lipinski definition) is 1. The van der Waals surface area contributed by atoms with E-state index in [2.05, 4.69) is 0 Å². The summed E-state index contributed by atoms with van der Waals surface area (Å²) in [6.45, 7) is 3.85. The molecule has 5 nitrogen and oxygen atoms in total. The lowest BCUT2D eigenvalue weighted by molar-refractivity contribution is -0.142. The summed E-state index contributed by atoms with van der Waals surface area (Å²) in [7, 11) is 1.61. The number of carboxylic acid groups (broad SMARTS) is 1. The van der Waals surface area contributed by atoms with E-state index < -0.39 is 12.0 Å². The van der Waals surface area contributed by atoms with Gasteiger partial charge < -0.3 is 14.6 Å². The number of rotatable bonds is 6. The number of para-hydroxylation sites is 1. The van der Waals surface area contributed by atoms with Crippen molar-refractivity contribution < 1.29 is 19.4 Å². The number of carbonyl (C=O) groups is 1. The Labute approximate surface area is 119 Å². The van der Waals surface area contributed by atoms with Gasteiger partial charge in [0.05, 0.1) is 13.7 Å². The van der Waals surface area contributed by atoms with E-state index >= 15 is 0 Å². The number of hydrogen-bond acceptors (Lipinski definition) is 4. The van der Waals surface area contributed by atoms with E-state index in [1.807, 2.05) is 30.0 Å². The van der Waals surface area contributed by atoms with Gasteiger partial charge in [-0.3, -0.25) is 9.69 Å². The molecule has 0 aromatic heterocycles. The lowest BCUT2D eigenvalue weighted by Crippen LogP contribution is -2.35. The van der Waals surface area contributed by atoms with Crippen LogP contribution in [0.3, 0.4) is 0 Å². The number of benzene rings is 1. The number of ether oxygens (including phenoxy) is 2. The van der Waals surface area contributed by atoms with E-state index in [1.165, 1.54) is 0 Å². The van der Waals surface area contributed by atoms with Crippen molar-refractivity contribution in [1.29, 1.82) is 0 Å². The largest absolute Gasteiger partial charge is 0.493 e. The summed E-state index contributed by atoms with van der Waals surface area (Å²) >= 11 is 0. The van der Waals surface area contributed by atoms with E-state index in [-0.39, 0.29) is 0 Å². The van der Waals surface area contributed by atoms with Crippen LogP contribution in [0.5, 0.6) is 11.5 Å². The fourth-order valence-corrected chi connectivity index (χ4v) is 2.67. The number of carboxylic acids is 1. The molecule has 1 fully saturated rings. The molecule has 0 saturated carbocycles. The lowest BCUT2D eigenvalue weighted by atomic mass is 10.1. The molecule has 1 N–H and O–H groups in total. The SMILES string of the molecule is CCOc1c(CN2CCCC2C(=O)O)cccc1OC. The highest BCUT2D eigenvalue weighted by molar-refractivity contribution is 5.73. The number of aliphatic carboxylic acids is 1. The molecule has 0 aliphatic carbocycles. The third-order valence-corrected chi connectivity index (χ3v) is 3.59. The van der Waals surface area contributed by atoms with E-state index in [0.717, 1.165) is 18.5 Å². The van der Waals surface area contributed by atoms with Crippen LogP contribution in [0, 0.1) is 0 Å². The Bertz CT molecular complexity index is 475. The quantitative estimate of drug-likeness (QED) is 0.864. The van der Waals surface area contributed by atoms with Gasteiger partial charge in [0.25, 0.3) is 0 Å². The van der Waals surface area contributed by atoms with Gasteiger partial charge in [0.15, 0.2) is 11.5 Å². The zero-order chi connectivity index (χ0) is 14.5. The van der Waals surface area contributed by atoms with Gasteiger partial charge in [-0.1, -0.05) is 12.1 Å². The van der Waals surface area contributed by atoms with Gasteiger partial charge in [0.2, 0.25) is 0 Å². The highest BCUT2D eigenvalue weighted by Crippen LogP contribution is 2.33. The Hall–Kier alpha value is -1.75. The van der Waals surface area contributed by atoms with Gasteiger partial charge in [-0.2, -0.15) is 0 Å². The maximum atomic E-state index is 11.2. The summed E-state index contributed by atoms with van der Waals surface area (Å²) in [4.78, 5) is 13.2. The van der Waals surface area contributed by atoms with Crippen LogP contribution in [-0.2, 0) is 11.3 Å². The second-order valence-electron chi connectivity index (χ2n) is 4.85. The molecule has 0 radical (unpaired) electrons. The Balaban J connectivity index is 2.22. The van der Waals surface area contributed by atoms with Crippen molar-refractivity contribution in [1.82, 2.24) is 4.90 Å². The summed E-state index contributed by atoms with van der Waals surface area (Å²) in [5.74, 6) is 0.660. The highest BCUT2D eigenvalue weighted by atomic mass is 16.5. The normalized spacial score (nSPS) is 19.0. The molecule has 5 heteroatoms. The smallest absolute Gasteiger partial charge is 0.320 e. The van der Waals surface area contributed by atoms with Gasteiger partial charge in [-0.25, -0.2) is 0 Å². The molecule has 1 atom stereocenters. The zero-order valence-electron chi connectivity index (χ0n) is 12.0. The second kappa shape index (κ2) is 6.61. The molecule has 20 heavy (non-hydrogen) atoms. The molecule has 1 aliphatic heterocycles. The van der Waals surface area contributed by atoms with Gasteiger partial charge in [-0.15, -0.1) is 0 Å². The Morgan fingerprint density at radius 1 is 1.50 bits per heavy atom. The molecule has 0 spiro atoms. The number of likely N-dealkylation sites (tertiary alicyclic amines) is 1. The highest BCUT2D eigenvalue weighted by Gasteiger charge is 2.31. The van der Waals surface area contributed by atoms with Crippen molar-refractivity contribution in [2.24, 2.45) is 0 Å². The average molecular weight is 279 g/mol. The van der Waals surface area contributed by atoms with Crippen molar-refractivity contribution in [3.05, 3.63) is 23.8 Å². The Morgan fingerprint density at radius 2 is 2.30 bits per heavy atom. The van der Waals surface area contributed by atoms with Gasteiger partial charge in [-0.05, 0) is 32.4 Å². The predicted molar refractivity (Wildman–Crippen MR) is 75.2 cm³/mol. The Morgan fingerprint density at radius 3 is 2.95 bits per heavy atom. The van der Waals surface area contributed by atoms with E-state index in [1.54, 1.807) is 7.11 Å². The molecule has 2 rings (SSSR count). The van der Waals surface area contributed by atoms with Crippen molar-refractivity contribution >= 4 is 5.97 Å². The van der Waals surface area contributed by atoms with Gasteiger partial charge >= 0.3 is 5.97 Å². The van der Waals surface area contributed by atoms with Crippen LogP contribution in [0.15, 0.2) is 18.2 Å². The first kappa shape index (κ1) is 14.7. The van der Waals surface area contributed by atoms with Gasteiger partial charge in [0.1, 0.15) is 6.04 Å². The van der Waals surface area contributed by atoms with Crippen LogP contribution in [0.4, 0.5) is 0 Å². The fourth-order valence-electron chi connectivity index (χ4n) is 2.67. The maximum absolute atomic E-state index is 11.2. The van der Waals surface area contributed by atoms with Crippen molar-refractivity contribution in [3.8, 4) is 11.5 Å². The molecule has 1 aromatic carbocycles. The summed E-state index contributed by atoms with van der Waals surface area (Å²) in [5.41, 5.74) is 0.972.